The molecule has 7 nitrogen and oxygen atoms in total. The van der Waals surface area contributed by atoms with E-state index >= 15 is 0 Å². The van der Waals surface area contributed by atoms with E-state index in [4.69, 9.17) is 9.47 Å². The Morgan fingerprint density at radius 1 is 1.35 bits per heavy atom. The Bertz CT molecular complexity index is 530. The van der Waals surface area contributed by atoms with Crippen LogP contribution in [0.1, 0.15) is 30.7 Å². The Morgan fingerprint density at radius 3 is 2.73 bits per heavy atom. The van der Waals surface area contributed by atoms with Gasteiger partial charge in [0.2, 0.25) is 0 Å². The molecule has 1 saturated heterocycles. The standard InChI is InChI=1S/C18H33N5O2.HI/c1-15-12-16(2)23(22-15)9-4-7-20-18(19-3)21-8-5-10-24-13-17-6-11-25-14-17;/h12,17H,4-11,13-14H2,1-3H3,(H2,19,20,21);1H. The van der Waals surface area contributed by atoms with Crippen LogP contribution in [-0.4, -0.2) is 62.3 Å². The monoisotopic (exact) mass is 479 g/mol. The van der Waals surface area contributed by atoms with Crippen LogP contribution in [0.3, 0.4) is 0 Å². The minimum atomic E-state index is 0. The number of halogens is 1. The zero-order valence-corrected chi connectivity index (χ0v) is 18.6. The van der Waals surface area contributed by atoms with Gasteiger partial charge in [0.15, 0.2) is 5.96 Å². The average molecular weight is 479 g/mol. The maximum atomic E-state index is 5.70. The second kappa shape index (κ2) is 13.3. The summed E-state index contributed by atoms with van der Waals surface area (Å²) in [5, 5.41) is 11.1. The summed E-state index contributed by atoms with van der Waals surface area (Å²) in [6.07, 6.45) is 3.11. The number of aryl methyl sites for hydroxylation is 3. The number of nitrogens with zero attached hydrogens (tertiary/aromatic N) is 3. The second-order valence-electron chi connectivity index (χ2n) is 6.59. The molecule has 8 heteroatoms. The first-order valence-corrected chi connectivity index (χ1v) is 9.30. The Hall–Kier alpha value is -0.870. The number of aromatic nitrogens is 2. The Kier molecular flexibility index (Phi) is 11.9. The van der Waals surface area contributed by atoms with Crippen LogP contribution >= 0.6 is 24.0 Å². The number of nitrogens with one attached hydrogen (secondary N) is 2. The lowest BCUT2D eigenvalue weighted by molar-refractivity contribution is 0.0888. The quantitative estimate of drug-likeness (QED) is 0.233. The van der Waals surface area contributed by atoms with Crippen molar-refractivity contribution in [3.8, 4) is 0 Å². The molecular weight excluding hydrogens is 445 g/mol. The summed E-state index contributed by atoms with van der Waals surface area (Å²) in [7, 11) is 1.80. The Morgan fingerprint density at radius 2 is 2.12 bits per heavy atom. The second-order valence-corrected chi connectivity index (χ2v) is 6.59. The molecule has 1 fully saturated rings. The van der Waals surface area contributed by atoms with Gasteiger partial charge in [-0.05, 0) is 39.2 Å². The van der Waals surface area contributed by atoms with Crippen LogP contribution in [0.15, 0.2) is 11.1 Å². The molecule has 1 aromatic heterocycles. The molecule has 2 N–H and O–H groups in total. The third-order valence-electron chi connectivity index (χ3n) is 4.30. The van der Waals surface area contributed by atoms with Crippen molar-refractivity contribution in [3.05, 3.63) is 17.5 Å². The number of guanidine groups is 1. The molecule has 150 valence electrons. The normalized spacial score (nSPS) is 17.2. The van der Waals surface area contributed by atoms with Crippen LogP contribution in [0.5, 0.6) is 0 Å². The smallest absolute Gasteiger partial charge is 0.190 e. The fraction of sp³-hybridized carbons (Fsp3) is 0.778. The molecular formula is C18H34IN5O2. The maximum absolute atomic E-state index is 5.70. The fourth-order valence-electron chi connectivity index (χ4n) is 2.90. The molecule has 0 amide bonds. The highest BCUT2D eigenvalue weighted by Gasteiger charge is 2.15. The highest BCUT2D eigenvalue weighted by molar-refractivity contribution is 14.0. The average Bonchev–Trinajstić information content (AvgIpc) is 3.22. The summed E-state index contributed by atoms with van der Waals surface area (Å²) in [6, 6.07) is 2.11. The minimum Gasteiger partial charge on any atom is -0.381 e. The summed E-state index contributed by atoms with van der Waals surface area (Å²) in [5.41, 5.74) is 2.29. The maximum Gasteiger partial charge on any atom is 0.190 e. The number of hydrogen-bond donors (Lipinski definition) is 2. The molecule has 1 unspecified atom stereocenters. The van der Waals surface area contributed by atoms with Crippen molar-refractivity contribution in [2.45, 2.75) is 39.7 Å². The molecule has 2 rings (SSSR count). The third kappa shape index (κ3) is 8.68. The summed E-state index contributed by atoms with van der Waals surface area (Å²) >= 11 is 0. The van der Waals surface area contributed by atoms with Crippen LogP contribution in [0.25, 0.3) is 0 Å². The van der Waals surface area contributed by atoms with Gasteiger partial charge in [-0.3, -0.25) is 9.67 Å². The zero-order valence-electron chi connectivity index (χ0n) is 16.3. The SMILES string of the molecule is CN=C(NCCCOCC1CCOC1)NCCCn1nc(C)cc1C.I. The molecule has 1 atom stereocenters. The van der Waals surface area contributed by atoms with Gasteiger partial charge in [0, 0.05) is 51.5 Å². The molecule has 0 spiro atoms. The van der Waals surface area contributed by atoms with E-state index in [1.165, 1.54) is 5.69 Å². The van der Waals surface area contributed by atoms with Crippen molar-refractivity contribution in [3.63, 3.8) is 0 Å². The van der Waals surface area contributed by atoms with E-state index in [1.54, 1.807) is 7.05 Å². The first kappa shape index (κ1) is 23.2. The molecule has 1 aliphatic heterocycles. The van der Waals surface area contributed by atoms with Gasteiger partial charge in [-0.15, -0.1) is 24.0 Å². The zero-order chi connectivity index (χ0) is 17.9. The molecule has 0 aromatic carbocycles. The van der Waals surface area contributed by atoms with Gasteiger partial charge < -0.3 is 20.1 Å². The summed E-state index contributed by atoms with van der Waals surface area (Å²) in [5.74, 6) is 1.43. The van der Waals surface area contributed by atoms with Crippen molar-refractivity contribution >= 4 is 29.9 Å². The summed E-state index contributed by atoms with van der Waals surface area (Å²) in [4.78, 5) is 4.25. The molecule has 0 saturated carbocycles. The van der Waals surface area contributed by atoms with Gasteiger partial charge in [-0.25, -0.2) is 0 Å². The van der Waals surface area contributed by atoms with Crippen molar-refractivity contribution in [1.82, 2.24) is 20.4 Å². The van der Waals surface area contributed by atoms with E-state index in [0.717, 1.165) is 77.0 Å². The van der Waals surface area contributed by atoms with E-state index < -0.39 is 0 Å². The highest BCUT2D eigenvalue weighted by atomic mass is 127. The van der Waals surface area contributed by atoms with Crippen molar-refractivity contribution in [1.29, 1.82) is 0 Å². The van der Waals surface area contributed by atoms with Crippen LogP contribution in [0.2, 0.25) is 0 Å². The van der Waals surface area contributed by atoms with Gasteiger partial charge >= 0.3 is 0 Å². The lowest BCUT2D eigenvalue weighted by Crippen LogP contribution is -2.38. The molecule has 0 radical (unpaired) electrons. The van der Waals surface area contributed by atoms with E-state index in [9.17, 15) is 0 Å². The van der Waals surface area contributed by atoms with Crippen LogP contribution in [0.4, 0.5) is 0 Å². The topological polar surface area (TPSA) is 72.7 Å². The molecule has 1 aliphatic rings. The predicted octanol–water partition coefficient (Wildman–Crippen LogP) is 2.12. The third-order valence-corrected chi connectivity index (χ3v) is 4.30. The number of hydrogen-bond acceptors (Lipinski definition) is 4. The molecule has 26 heavy (non-hydrogen) atoms. The van der Waals surface area contributed by atoms with Gasteiger partial charge in [0.25, 0.3) is 0 Å². The first-order chi connectivity index (χ1) is 12.2. The van der Waals surface area contributed by atoms with E-state index in [-0.39, 0.29) is 24.0 Å². The van der Waals surface area contributed by atoms with Crippen LogP contribution < -0.4 is 10.6 Å². The number of rotatable bonds is 10. The predicted molar refractivity (Wildman–Crippen MR) is 115 cm³/mol. The summed E-state index contributed by atoms with van der Waals surface area (Å²) < 4.78 is 13.1. The van der Waals surface area contributed by atoms with Gasteiger partial charge in [-0.2, -0.15) is 5.10 Å². The van der Waals surface area contributed by atoms with Crippen molar-refractivity contribution < 1.29 is 9.47 Å². The molecule has 0 bridgehead atoms. The highest BCUT2D eigenvalue weighted by Crippen LogP contribution is 2.12. The van der Waals surface area contributed by atoms with E-state index in [0.29, 0.717) is 5.92 Å². The van der Waals surface area contributed by atoms with Crippen molar-refractivity contribution in [2.75, 3.05) is 46.6 Å². The molecule has 1 aromatic rings. The Balaban J connectivity index is 0.00000338. The number of aliphatic imine (C=N–C) groups is 1. The van der Waals surface area contributed by atoms with Gasteiger partial charge in [0.1, 0.15) is 0 Å². The molecule has 2 heterocycles. The summed E-state index contributed by atoms with van der Waals surface area (Å²) in [6.45, 7) is 10.1. The van der Waals surface area contributed by atoms with E-state index in [1.807, 2.05) is 6.92 Å². The first-order valence-electron chi connectivity index (χ1n) is 9.30. The minimum absolute atomic E-state index is 0. The fourth-order valence-corrected chi connectivity index (χ4v) is 2.90. The Labute approximate surface area is 174 Å². The lowest BCUT2D eigenvalue weighted by atomic mass is 10.1. The van der Waals surface area contributed by atoms with E-state index in [2.05, 4.69) is 38.4 Å². The van der Waals surface area contributed by atoms with Crippen molar-refractivity contribution in [2.24, 2.45) is 10.9 Å². The van der Waals surface area contributed by atoms with Gasteiger partial charge in [-0.1, -0.05) is 0 Å². The van der Waals surface area contributed by atoms with Crippen LogP contribution in [0, 0.1) is 19.8 Å². The lowest BCUT2D eigenvalue weighted by Gasteiger charge is -2.13. The van der Waals surface area contributed by atoms with Crippen LogP contribution in [-0.2, 0) is 16.0 Å². The largest absolute Gasteiger partial charge is 0.381 e. The molecule has 0 aliphatic carbocycles. The van der Waals surface area contributed by atoms with Gasteiger partial charge in [0.05, 0.1) is 18.9 Å². The number of ether oxygens (including phenoxy) is 2.